The van der Waals surface area contributed by atoms with E-state index < -0.39 is 5.91 Å². The molecule has 0 bridgehead atoms. The Hall–Kier alpha value is -2.20. The highest BCUT2D eigenvalue weighted by molar-refractivity contribution is 7.17. The smallest absolute Gasteiger partial charge is 0.266 e. The lowest BCUT2D eigenvalue weighted by atomic mass is 10.2. The first-order valence-corrected chi connectivity index (χ1v) is 12.1. The summed E-state index contributed by atoms with van der Waals surface area (Å²) in [5.74, 6) is -0.654. The number of ether oxygens (including phenoxy) is 2. The molecule has 180 valence electrons. The Labute approximate surface area is 216 Å². The van der Waals surface area contributed by atoms with E-state index in [9.17, 15) is 9.59 Å². The number of carbonyl (C=O) groups excluding carboxylic acids is 2. The van der Waals surface area contributed by atoms with E-state index in [4.69, 9.17) is 44.3 Å². The van der Waals surface area contributed by atoms with Crippen LogP contribution in [0.4, 0.5) is 10.8 Å². The average Bonchev–Trinajstić information content (AvgIpc) is 3.30. The molecule has 1 aromatic heterocycles. The third-order valence-electron chi connectivity index (χ3n) is 4.76. The van der Waals surface area contributed by atoms with Crippen molar-refractivity contribution < 1.29 is 19.1 Å². The molecule has 2 aromatic carbocycles. The van der Waals surface area contributed by atoms with Gasteiger partial charge in [0.2, 0.25) is 0 Å². The Morgan fingerprint density at radius 3 is 2.12 bits per heavy atom. The molecule has 0 radical (unpaired) electrons. The van der Waals surface area contributed by atoms with Crippen LogP contribution in [-0.4, -0.2) is 62.2 Å². The molecule has 11 heteroatoms. The Morgan fingerprint density at radius 1 is 0.912 bits per heavy atom. The van der Waals surface area contributed by atoms with E-state index in [1.807, 2.05) is 0 Å². The maximum Gasteiger partial charge on any atom is 0.266 e. The number of amides is 2. The van der Waals surface area contributed by atoms with Crippen LogP contribution in [-0.2, 0) is 9.47 Å². The number of halogens is 3. The maximum absolute atomic E-state index is 13.6. The van der Waals surface area contributed by atoms with Crippen molar-refractivity contribution in [1.29, 1.82) is 0 Å². The van der Waals surface area contributed by atoms with Crippen LogP contribution < -0.4 is 4.90 Å². The topological polar surface area (TPSA) is 72.0 Å². The highest BCUT2D eigenvalue weighted by atomic mass is 35.5. The third-order valence-corrected chi connectivity index (χ3v) is 6.53. The van der Waals surface area contributed by atoms with E-state index in [1.54, 1.807) is 55.5 Å². The van der Waals surface area contributed by atoms with Gasteiger partial charge >= 0.3 is 0 Å². The van der Waals surface area contributed by atoms with Crippen LogP contribution in [0.15, 0.2) is 48.7 Å². The summed E-state index contributed by atoms with van der Waals surface area (Å²) in [5.41, 5.74) is 0.760. The van der Waals surface area contributed by atoms with Crippen LogP contribution in [0.1, 0.15) is 20.0 Å². The summed E-state index contributed by atoms with van der Waals surface area (Å²) in [7, 11) is 3.14. The van der Waals surface area contributed by atoms with Crippen LogP contribution in [0.25, 0.3) is 0 Å². The van der Waals surface area contributed by atoms with Gasteiger partial charge in [0.1, 0.15) is 4.88 Å². The van der Waals surface area contributed by atoms with Gasteiger partial charge in [0.25, 0.3) is 11.8 Å². The number of benzene rings is 2. The number of hydrogen-bond acceptors (Lipinski definition) is 6. The average molecular weight is 543 g/mol. The molecule has 2 amide bonds. The van der Waals surface area contributed by atoms with Crippen LogP contribution in [0.5, 0.6) is 0 Å². The monoisotopic (exact) mass is 541 g/mol. The Balaban J connectivity index is 1.98. The Kier molecular flexibility index (Phi) is 9.70. The molecule has 1 heterocycles. The molecule has 0 atom stereocenters. The van der Waals surface area contributed by atoms with Gasteiger partial charge in [-0.2, -0.15) is 0 Å². The highest BCUT2D eigenvalue weighted by Gasteiger charge is 2.27. The van der Waals surface area contributed by atoms with Crippen molar-refractivity contribution in [3.05, 3.63) is 74.2 Å². The predicted octanol–water partition coefficient (Wildman–Crippen LogP) is 5.82. The fourth-order valence-corrected chi connectivity index (χ4v) is 4.55. The summed E-state index contributed by atoms with van der Waals surface area (Å²) < 4.78 is 10.2. The van der Waals surface area contributed by atoms with Crippen molar-refractivity contribution in [2.45, 2.75) is 0 Å². The zero-order chi connectivity index (χ0) is 24.7. The minimum absolute atomic E-state index is 0.203. The van der Waals surface area contributed by atoms with E-state index in [-0.39, 0.29) is 16.5 Å². The van der Waals surface area contributed by atoms with Gasteiger partial charge in [0.05, 0.1) is 35.7 Å². The number of rotatable bonds is 10. The molecule has 0 spiro atoms. The molecule has 0 N–H and O–H groups in total. The van der Waals surface area contributed by atoms with Crippen LogP contribution in [0.2, 0.25) is 15.1 Å². The summed E-state index contributed by atoms with van der Waals surface area (Å²) in [6.45, 7) is 1.55. The quantitative estimate of drug-likeness (QED) is 0.323. The SMILES string of the molecule is COCCN(CCOC)C(=O)c1cnc(N(C(=O)c2ccc(Cl)cc2Cl)c2ccc(Cl)cc2)s1. The van der Waals surface area contributed by atoms with E-state index >= 15 is 0 Å². The van der Waals surface area contributed by atoms with Crippen LogP contribution >= 0.6 is 46.1 Å². The molecule has 3 aromatic rings. The minimum Gasteiger partial charge on any atom is -0.383 e. The van der Waals surface area contributed by atoms with E-state index in [2.05, 4.69) is 4.98 Å². The first-order valence-electron chi connectivity index (χ1n) is 10.1. The number of nitrogens with zero attached hydrogens (tertiary/aromatic N) is 3. The fourth-order valence-electron chi connectivity index (χ4n) is 3.03. The summed E-state index contributed by atoms with van der Waals surface area (Å²) in [6.07, 6.45) is 1.45. The number of aromatic nitrogens is 1. The molecule has 0 fully saturated rings. The lowest BCUT2D eigenvalue weighted by molar-refractivity contribution is 0.0631. The maximum atomic E-state index is 13.6. The molecule has 0 aliphatic rings. The lowest BCUT2D eigenvalue weighted by Gasteiger charge is -2.22. The number of anilines is 2. The van der Waals surface area contributed by atoms with Gasteiger partial charge < -0.3 is 14.4 Å². The molecule has 0 unspecified atom stereocenters. The van der Waals surface area contributed by atoms with E-state index in [0.717, 1.165) is 11.3 Å². The second-order valence-electron chi connectivity index (χ2n) is 7.03. The Bertz CT molecular complexity index is 1130. The van der Waals surface area contributed by atoms with Crippen molar-refractivity contribution in [3.63, 3.8) is 0 Å². The van der Waals surface area contributed by atoms with Gasteiger partial charge in [0.15, 0.2) is 5.13 Å². The first kappa shape index (κ1) is 26.4. The lowest BCUT2D eigenvalue weighted by Crippen LogP contribution is -2.36. The molecule has 0 saturated heterocycles. The Morgan fingerprint density at radius 2 is 1.53 bits per heavy atom. The van der Waals surface area contributed by atoms with Crippen molar-refractivity contribution >= 4 is 68.8 Å². The summed E-state index contributed by atoms with van der Waals surface area (Å²) in [4.78, 5) is 34.5. The predicted molar refractivity (Wildman–Crippen MR) is 136 cm³/mol. The van der Waals surface area contributed by atoms with Crippen molar-refractivity contribution in [1.82, 2.24) is 9.88 Å². The number of hydrogen-bond donors (Lipinski definition) is 0. The summed E-state index contributed by atoms with van der Waals surface area (Å²) in [6, 6.07) is 11.3. The molecule has 0 saturated carbocycles. The van der Waals surface area contributed by atoms with Gasteiger partial charge in [-0.3, -0.25) is 14.5 Å². The summed E-state index contributed by atoms with van der Waals surface area (Å²) >= 11 is 19.4. The van der Waals surface area contributed by atoms with Crippen LogP contribution in [0, 0.1) is 0 Å². The zero-order valence-electron chi connectivity index (χ0n) is 18.5. The van der Waals surface area contributed by atoms with Crippen molar-refractivity contribution in [2.24, 2.45) is 0 Å². The van der Waals surface area contributed by atoms with Crippen molar-refractivity contribution in [3.8, 4) is 0 Å². The van der Waals surface area contributed by atoms with Gasteiger partial charge in [-0.15, -0.1) is 0 Å². The van der Waals surface area contributed by atoms with E-state index in [0.29, 0.717) is 52.0 Å². The number of methoxy groups -OCH3 is 2. The second kappa shape index (κ2) is 12.5. The van der Waals surface area contributed by atoms with Gasteiger partial charge in [0, 0.05) is 37.4 Å². The normalized spacial score (nSPS) is 10.9. The molecule has 0 aliphatic heterocycles. The summed E-state index contributed by atoms with van der Waals surface area (Å²) in [5, 5.41) is 1.44. The second-order valence-corrected chi connectivity index (χ2v) is 9.32. The van der Waals surface area contributed by atoms with Crippen molar-refractivity contribution in [2.75, 3.05) is 45.4 Å². The van der Waals surface area contributed by atoms with Crippen LogP contribution in [0.3, 0.4) is 0 Å². The molecule has 0 aliphatic carbocycles. The number of carbonyl (C=O) groups is 2. The van der Waals surface area contributed by atoms with Gasteiger partial charge in [-0.1, -0.05) is 46.1 Å². The molecule has 3 rings (SSSR count). The molecule has 7 nitrogen and oxygen atoms in total. The first-order chi connectivity index (χ1) is 16.3. The fraction of sp³-hybridized carbons (Fsp3) is 0.261. The van der Waals surface area contributed by atoms with Gasteiger partial charge in [-0.05, 0) is 42.5 Å². The number of thiazole rings is 1. The molecule has 34 heavy (non-hydrogen) atoms. The molecular formula is C23H22Cl3N3O4S. The van der Waals surface area contributed by atoms with E-state index in [1.165, 1.54) is 17.2 Å². The molecular weight excluding hydrogens is 521 g/mol. The zero-order valence-corrected chi connectivity index (χ0v) is 21.5. The van der Waals surface area contributed by atoms with Gasteiger partial charge in [-0.25, -0.2) is 4.98 Å². The minimum atomic E-state index is -0.423. The largest absolute Gasteiger partial charge is 0.383 e. The standard InChI is InChI=1S/C23H22Cl3N3O4S/c1-32-11-9-28(10-12-33-2)22(31)20-14-27-23(34-20)29(17-6-3-15(24)4-7-17)21(30)18-8-5-16(25)13-19(18)26/h3-8,13-14H,9-12H2,1-2H3. The highest BCUT2D eigenvalue weighted by Crippen LogP contribution is 2.34. The third kappa shape index (κ3) is 6.47.